The van der Waals surface area contributed by atoms with Crippen LogP contribution >= 0.6 is 0 Å². The minimum atomic E-state index is -3.38. The lowest BCUT2D eigenvalue weighted by molar-refractivity contribution is -0.141. The average molecular weight is 225 g/mol. The molecule has 1 aliphatic rings. The molecule has 0 radical (unpaired) electrons. The molecule has 1 amide bonds. The SMILES string of the molecule is CC(C)c1cccc2c1C(F)(F)C(=O)N2C. The Morgan fingerprint density at radius 3 is 2.50 bits per heavy atom. The molecule has 1 aromatic rings. The van der Waals surface area contributed by atoms with Crippen molar-refractivity contribution in [1.29, 1.82) is 0 Å². The van der Waals surface area contributed by atoms with Crippen LogP contribution in [0.1, 0.15) is 30.9 Å². The fourth-order valence-electron chi connectivity index (χ4n) is 2.09. The van der Waals surface area contributed by atoms with Crippen LogP contribution in [0.3, 0.4) is 0 Å². The summed E-state index contributed by atoms with van der Waals surface area (Å²) in [7, 11) is 1.38. The maximum Gasteiger partial charge on any atom is 0.352 e. The third-order valence-electron chi connectivity index (χ3n) is 2.95. The number of carbonyl (C=O) groups is 1. The van der Waals surface area contributed by atoms with Crippen LogP contribution in [0.2, 0.25) is 0 Å². The van der Waals surface area contributed by atoms with E-state index < -0.39 is 11.8 Å². The molecule has 0 aromatic heterocycles. The summed E-state index contributed by atoms with van der Waals surface area (Å²) in [5.74, 6) is -4.55. The molecular weight excluding hydrogens is 212 g/mol. The number of likely N-dealkylation sites (N-methyl/N-ethyl adjacent to an activating group) is 1. The molecule has 0 atom stereocenters. The van der Waals surface area contributed by atoms with Gasteiger partial charge in [0.2, 0.25) is 0 Å². The van der Waals surface area contributed by atoms with E-state index in [9.17, 15) is 13.6 Å². The highest BCUT2D eigenvalue weighted by Gasteiger charge is 2.52. The van der Waals surface area contributed by atoms with Crippen molar-refractivity contribution in [1.82, 2.24) is 0 Å². The molecule has 0 spiro atoms. The van der Waals surface area contributed by atoms with E-state index in [-0.39, 0.29) is 11.5 Å². The van der Waals surface area contributed by atoms with Crippen molar-refractivity contribution in [3.8, 4) is 0 Å². The first-order valence-electron chi connectivity index (χ1n) is 5.16. The van der Waals surface area contributed by atoms with E-state index in [0.29, 0.717) is 11.3 Å². The van der Waals surface area contributed by atoms with Crippen molar-refractivity contribution in [2.75, 3.05) is 11.9 Å². The lowest BCUT2D eigenvalue weighted by Gasteiger charge is -2.14. The predicted octanol–water partition coefficient (Wildman–Crippen LogP) is 2.88. The molecule has 0 N–H and O–H groups in total. The fraction of sp³-hybridized carbons (Fsp3) is 0.417. The summed E-state index contributed by atoms with van der Waals surface area (Å²) in [5, 5.41) is 0. The molecule has 2 nitrogen and oxygen atoms in total. The number of benzene rings is 1. The van der Waals surface area contributed by atoms with Gasteiger partial charge < -0.3 is 4.90 Å². The van der Waals surface area contributed by atoms with E-state index in [4.69, 9.17) is 0 Å². The van der Waals surface area contributed by atoms with E-state index in [0.717, 1.165) is 4.90 Å². The molecule has 86 valence electrons. The van der Waals surface area contributed by atoms with Gasteiger partial charge in [0.1, 0.15) is 0 Å². The summed E-state index contributed by atoms with van der Waals surface area (Å²) < 4.78 is 27.6. The molecule has 0 bridgehead atoms. The average Bonchev–Trinajstić information content (AvgIpc) is 2.41. The van der Waals surface area contributed by atoms with Crippen molar-refractivity contribution >= 4 is 11.6 Å². The number of nitrogens with zero attached hydrogens (tertiary/aromatic N) is 1. The molecular formula is C12H13F2NO. The van der Waals surface area contributed by atoms with Crippen molar-refractivity contribution in [3.63, 3.8) is 0 Å². The van der Waals surface area contributed by atoms with Gasteiger partial charge in [0, 0.05) is 7.05 Å². The number of rotatable bonds is 1. The summed E-state index contributed by atoms with van der Waals surface area (Å²) in [5.41, 5.74) is 0.735. The number of halogens is 2. The van der Waals surface area contributed by atoms with Crippen molar-refractivity contribution in [2.24, 2.45) is 0 Å². The summed E-state index contributed by atoms with van der Waals surface area (Å²) in [6.45, 7) is 3.68. The van der Waals surface area contributed by atoms with Crippen LogP contribution < -0.4 is 4.90 Å². The van der Waals surface area contributed by atoms with E-state index in [2.05, 4.69) is 0 Å². The molecule has 0 aliphatic carbocycles. The zero-order chi connectivity index (χ0) is 12.1. The third kappa shape index (κ3) is 1.25. The summed E-state index contributed by atoms with van der Waals surface area (Å²) in [6.07, 6.45) is 0. The summed E-state index contributed by atoms with van der Waals surface area (Å²) in [4.78, 5) is 12.5. The maximum atomic E-state index is 13.8. The van der Waals surface area contributed by atoms with E-state index in [1.54, 1.807) is 18.2 Å². The summed E-state index contributed by atoms with van der Waals surface area (Å²) >= 11 is 0. The van der Waals surface area contributed by atoms with Crippen LogP contribution in [0.4, 0.5) is 14.5 Å². The highest BCUT2D eigenvalue weighted by Crippen LogP contribution is 2.46. The molecule has 1 aromatic carbocycles. The topological polar surface area (TPSA) is 20.3 Å². The quantitative estimate of drug-likeness (QED) is 0.719. The van der Waals surface area contributed by atoms with Crippen LogP contribution in [0.25, 0.3) is 0 Å². The maximum absolute atomic E-state index is 13.8. The normalized spacial score (nSPS) is 18.1. The van der Waals surface area contributed by atoms with Crippen LogP contribution in [0.15, 0.2) is 18.2 Å². The molecule has 1 aliphatic heterocycles. The minimum absolute atomic E-state index is 0.0277. The van der Waals surface area contributed by atoms with Gasteiger partial charge in [0.15, 0.2) is 0 Å². The Balaban J connectivity index is 2.73. The predicted molar refractivity (Wildman–Crippen MR) is 57.8 cm³/mol. The largest absolute Gasteiger partial charge is 0.352 e. The van der Waals surface area contributed by atoms with Crippen LogP contribution in [0.5, 0.6) is 0 Å². The zero-order valence-corrected chi connectivity index (χ0v) is 9.42. The number of amides is 1. The first-order chi connectivity index (χ1) is 7.37. The first-order valence-corrected chi connectivity index (χ1v) is 5.16. The Kier molecular flexibility index (Phi) is 2.26. The monoisotopic (exact) mass is 225 g/mol. The Morgan fingerprint density at radius 1 is 1.31 bits per heavy atom. The number of fused-ring (bicyclic) bond motifs is 1. The molecule has 16 heavy (non-hydrogen) atoms. The molecule has 1 heterocycles. The molecule has 2 rings (SSSR count). The fourth-order valence-corrected chi connectivity index (χ4v) is 2.09. The highest BCUT2D eigenvalue weighted by molar-refractivity contribution is 6.05. The van der Waals surface area contributed by atoms with Gasteiger partial charge in [-0.3, -0.25) is 4.79 Å². The van der Waals surface area contributed by atoms with Crippen molar-refractivity contribution < 1.29 is 13.6 Å². The first kappa shape index (κ1) is 11.0. The number of alkyl halides is 2. The molecule has 0 saturated heterocycles. The van der Waals surface area contributed by atoms with Crippen LogP contribution in [-0.2, 0) is 10.7 Å². The Labute approximate surface area is 92.9 Å². The lowest BCUT2D eigenvalue weighted by Crippen LogP contribution is -2.31. The smallest absolute Gasteiger partial charge is 0.309 e. The van der Waals surface area contributed by atoms with Gasteiger partial charge in [-0.15, -0.1) is 0 Å². The second-order valence-electron chi connectivity index (χ2n) is 4.33. The second-order valence-corrected chi connectivity index (χ2v) is 4.33. The van der Waals surface area contributed by atoms with Gasteiger partial charge in [-0.05, 0) is 17.5 Å². The van der Waals surface area contributed by atoms with E-state index in [1.807, 2.05) is 13.8 Å². The van der Waals surface area contributed by atoms with Gasteiger partial charge in [0.25, 0.3) is 0 Å². The Morgan fingerprint density at radius 2 is 1.94 bits per heavy atom. The van der Waals surface area contributed by atoms with E-state index >= 15 is 0 Å². The number of hydrogen-bond acceptors (Lipinski definition) is 1. The number of anilines is 1. The second kappa shape index (κ2) is 3.27. The number of carbonyl (C=O) groups excluding carboxylic acids is 1. The number of hydrogen-bond donors (Lipinski definition) is 0. The van der Waals surface area contributed by atoms with Crippen LogP contribution in [-0.4, -0.2) is 13.0 Å². The van der Waals surface area contributed by atoms with Gasteiger partial charge >= 0.3 is 11.8 Å². The van der Waals surface area contributed by atoms with Gasteiger partial charge in [-0.25, -0.2) is 0 Å². The van der Waals surface area contributed by atoms with Crippen molar-refractivity contribution in [2.45, 2.75) is 25.7 Å². The molecule has 0 fully saturated rings. The molecule has 0 saturated carbocycles. The summed E-state index contributed by atoms with van der Waals surface area (Å²) in [6, 6.07) is 4.92. The highest BCUT2D eigenvalue weighted by atomic mass is 19.3. The molecule has 4 heteroatoms. The lowest BCUT2D eigenvalue weighted by atomic mass is 9.94. The van der Waals surface area contributed by atoms with Gasteiger partial charge in [0.05, 0.1) is 11.3 Å². The van der Waals surface area contributed by atoms with Gasteiger partial charge in [-0.1, -0.05) is 26.0 Å². The third-order valence-corrected chi connectivity index (χ3v) is 2.95. The van der Waals surface area contributed by atoms with Gasteiger partial charge in [-0.2, -0.15) is 8.78 Å². The van der Waals surface area contributed by atoms with Crippen LogP contribution in [0, 0.1) is 0 Å². The minimum Gasteiger partial charge on any atom is -0.309 e. The molecule has 0 unspecified atom stereocenters. The Hall–Kier alpha value is -1.45. The Bertz CT molecular complexity index is 454. The van der Waals surface area contributed by atoms with Crippen molar-refractivity contribution in [3.05, 3.63) is 29.3 Å². The standard InChI is InChI=1S/C12H13F2NO/c1-7(2)8-5-4-6-9-10(8)12(13,14)11(16)15(9)3/h4-7H,1-3H3. The van der Waals surface area contributed by atoms with E-state index in [1.165, 1.54) is 7.05 Å². The zero-order valence-electron chi connectivity index (χ0n) is 9.42.